The van der Waals surface area contributed by atoms with Gasteiger partial charge in [0.05, 0.1) is 11.6 Å². The second kappa shape index (κ2) is 13.2. The average Bonchev–Trinajstić information content (AvgIpc) is 2.52. The van der Waals surface area contributed by atoms with Gasteiger partial charge in [0.25, 0.3) is 0 Å². The Balaban J connectivity index is 4.35. The van der Waals surface area contributed by atoms with Gasteiger partial charge in [-0.15, -0.1) is 0 Å². The number of halogens is 1. The van der Waals surface area contributed by atoms with Crippen molar-refractivity contribution < 1.29 is 19.8 Å². The van der Waals surface area contributed by atoms with Gasteiger partial charge in [-0.2, -0.15) is 0 Å². The van der Waals surface area contributed by atoms with E-state index in [2.05, 4.69) is 31.7 Å². The number of carbonyl (C=O) groups is 2. The molecule has 0 radical (unpaired) electrons. The van der Waals surface area contributed by atoms with Gasteiger partial charge >= 0.3 is 0 Å². The van der Waals surface area contributed by atoms with Crippen LogP contribution in [0.15, 0.2) is 0 Å². The Morgan fingerprint density at radius 1 is 1.38 bits per heavy atom. The van der Waals surface area contributed by atoms with Gasteiger partial charge in [-0.1, -0.05) is 12.8 Å². The molecule has 1 unspecified atom stereocenters. The van der Waals surface area contributed by atoms with Gasteiger partial charge in [0.2, 0.25) is 5.91 Å². The monoisotopic (exact) mass is 477 g/mol. The first-order valence-electron chi connectivity index (χ1n) is 7.65. The maximum Gasteiger partial charge on any atom is 0.237 e. The van der Waals surface area contributed by atoms with Crippen molar-refractivity contribution >= 4 is 47.9 Å². The van der Waals surface area contributed by atoms with Crippen molar-refractivity contribution in [1.82, 2.24) is 18.9 Å². The zero-order valence-corrected chi connectivity index (χ0v) is 16.7. The molecule has 0 fully saturated rings. The van der Waals surface area contributed by atoms with Gasteiger partial charge in [-0.25, -0.2) is 3.53 Å². The van der Waals surface area contributed by atoms with Crippen LogP contribution in [0.25, 0.3) is 0 Å². The molecule has 0 rings (SSSR count). The summed E-state index contributed by atoms with van der Waals surface area (Å²) in [4.78, 5) is 22.8. The highest BCUT2D eigenvalue weighted by molar-refractivity contribution is 14.1. The molecule has 0 heterocycles. The lowest BCUT2D eigenvalue weighted by atomic mass is 9.94. The molecule has 0 bridgehead atoms. The van der Waals surface area contributed by atoms with E-state index >= 15 is 0 Å². The highest BCUT2D eigenvalue weighted by Gasteiger charge is 2.31. The Morgan fingerprint density at radius 3 is 2.50 bits per heavy atom. The molecule has 0 aromatic carbocycles. The van der Waals surface area contributed by atoms with Crippen LogP contribution in [0.2, 0.25) is 0 Å². The average molecular weight is 477 g/mol. The number of hydrogen-bond acceptors (Lipinski definition) is 9. The topological polar surface area (TPSA) is 149 Å². The third-order valence-corrected chi connectivity index (χ3v) is 4.81. The van der Waals surface area contributed by atoms with Gasteiger partial charge in [-0.3, -0.25) is 14.8 Å². The minimum atomic E-state index is -0.952. The van der Waals surface area contributed by atoms with Crippen LogP contribution >= 0.6 is 35.7 Å². The number of amides is 1. The minimum absolute atomic E-state index is 0.164. The molecule has 1 amide bonds. The predicted octanol–water partition coefficient (Wildman–Crippen LogP) is -1.80. The van der Waals surface area contributed by atoms with E-state index in [0.29, 0.717) is 19.5 Å². The van der Waals surface area contributed by atoms with Crippen molar-refractivity contribution in [3.63, 3.8) is 0 Å². The highest BCUT2D eigenvalue weighted by Crippen LogP contribution is 2.14. The number of carbonyl (C=O) groups excluding carboxylic acids is 2. The maximum atomic E-state index is 11.5. The quantitative estimate of drug-likeness (QED) is 0.0344. The molecule has 0 saturated carbocycles. The van der Waals surface area contributed by atoms with Crippen molar-refractivity contribution in [3.8, 4) is 0 Å². The van der Waals surface area contributed by atoms with Gasteiger partial charge in [0, 0.05) is 36.0 Å². The van der Waals surface area contributed by atoms with Crippen LogP contribution in [0.1, 0.15) is 26.2 Å². The number of nitrogens with one attached hydrogen (secondary N) is 4. The molecule has 0 saturated heterocycles. The lowest BCUT2D eigenvalue weighted by molar-refractivity contribution is -0.123. The number of aliphatic hydroxyl groups is 2. The Bertz CT molecular complexity index is 380. The third kappa shape index (κ3) is 9.46. The van der Waals surface area contributed by atoms with Crippen LogP contribution in [0.5, 0.6) is 0 Å². The summed E-state index contributed by atoms with van der Waals surface area (Å²) in [6, 6.07) is -0.917. The van der Waals surface area contributed by atoms with Crippen LogP contribution < -0.4 is 24.6 Å². The number of aldehydes is 1. The predicted molar refractivity (Wildman–Crippen MR) is 103 cm³/mol. The number of thiol groups is 1. The van der Waals surface area contributed by atoms with Crippen LogP contribution in [0, 0.1) is 0 Å². The smallest absolute Gasteiger partial charge is 0.237 e. The van der Waals surface area contributed by atoms with Gasteiger partial charge < -0.3 is 26.1 Å². The molecular formula is C13H28IN5O4S. The van der Waals surface area contributed by atoms with Crippen molar-refractivity contribution in [2.45, 2.75) is 50.1 Å². The molecule has 0 spiro atoms. The molecule has 8 N–H and O–H groups in total. The van der Waals surface area contributed by atoms with Crippen molar-refractivity contribution in [3.05, 3.63) is 0 Å². The second-order valence-corrected chi connectivity index (χ2v) is 6.51. The molecular weight excluding hydrogens is 449 g/mol. The highest BCUT2D eigenvalue weighted by atomic mass is 127. The summed E-state index contributed by atoms with van der Waals surface area (Å²) in [5.74, 6) is -0.672. The molecule has 4 atom stereocenters. The molecule has 0 aliphatic rings. The van der Waals surface area contributed by atoms with E-state index in [1.165, 1.54) is 6.92 Å². The lowest BCUT2D eigenvalue weighted by Crippen LogP contribution is -2.57. The third-order valence-electron chi connectivity index (χ3n) is 3.55. The first-order valence-corrected chi connectivity index (χ1v) is 9.17. The number of primary amides is 1. The van der Waals surface area contributed by atoms with Crippen molar-refractivity contribution in [1.29, 1.82) is 0 Å². The summed E-state index contributed by atoms with van der Waals surface area (Å²) in [5, 5.41) is 24.8. The Hall–Kier alpha value is -0.0200. The summed E-state index contributed by atoms with van der Waals surface area (Å²) in [6.45, 7) is 2.54. The summed E-state index contributed by atoms with van der Waals surface area (Å²) in [7, 11) is 0. The largest absolute Gasteiger partial charge is 0.391 e. The number of hydrogen-bond donors (Lipinski definition) is 8. The molecule has 11 heteroatoms. The molecule has 0 aromatic rings. The summed E-state index contributed by atoms with van der Waals surface area (Å²) in [6.07, 6.45) is 1.17. The normalized spacial score (nSPS) is 17.7. The van der Waals surface area contributed by atoms with Gasteiger partial charge in [-0.05, 0) is 32.7 Å². The summed E-state index contributed by atoms with van der Waals surface area (Å²) in [5.41, 5.74) is 4.36. The van der Waals surface area contributed by atoms with Crippen molar-refractivity contribution in [2.75, 3.05) is 19.6 Å². The lowest BCUT2D eigenvalue weighted by Gasteiger charge is -2.29. The van der Waals surface area contributed by atoms with E-state index in [4.69, 9.17) is 5.73 Å². The fourth-order valence-electron chi connectivity index (χ4n) is 2.09. The first kappa shape index (κ1) is 24.0. The van der Waals surface area contributed by atoms with Crippen molar-refractivity contribution in [2.24, 2.45) is 5.73 Å². The van der Waals surface area contributed by atoms with E-state index in [1.54, 1.807) is 0 Å². The zero-order chi connectivity index (χ0) is 18.6. The number of unbranched alkanes of at least 4 members (excludes halogenated alkanes) is 1. The maximum absolute atomic E-state index is 11.5. The number of nitrogens with two attached hydrogens (primary N) is 1. The van der Waals surface area contributed by atoms with Crippen LogP contribution in [-0.4, -0.2) is 66.0 Å². The Morgan fingerprint density at radius 2 is 2.04 bits per heavy atom. The van der Waals surface area contributed by atoms with E-state index in [9.17, 15) is 19.8 Å². The standard InChI is InChI=1S/C13H28IN5O4S/c1-9(21)11(12(15)23)17-7-13(8-20,19-14)4-2-3-5-16-10(22)6-18-24/h8-11,16-19,21-22,24H,2-7H2,1H3,(H2,15,23)/t9-,10?,11+,13-/m1/s1. The SMILES string of the molecule is C[C@@H](O)[C@H](NC[C@@](C=O)(CCCCNC(O)CNS)NI)C(N)=O. The molecule has 142 valence electrons. The fourth-order valence-corrected chi connectivity index (χ4v) is 2.85. The Labute approximate surface area is 161 Å². The van der Waals surface area contributed by atoms with Gasteiger partial charge in [0.1, 0.15) is 18.6 Å². The Kier molecular flexibility index (Phi) is 13.2. The molecule has 0 aliphatic carbocycles. The summed E-state index contributed by atoms with van der Waals surface area (Å²) >= 11 is 5.69. The number of rotatable bonds is 15. The van der Waals surface area contributed by atoms with E-state index in [-0.39, 0.29) is 6.54 Å². The molecule has 0 aliphatic heterocycles. The minimum Gasteiger partial charge on any atom is -0.391 e. The van der Waals surface area contributed by atoms with Crippen LogP contribution in [0.3, 0.4) is 0 Å². The molecule has 9 nitrogen and oxygen atoms in total. The fraction of sp³-hybridized carbons (Fsp3) is 0.846. The second-order valence-electron chi connectivity index (χ2n) is 5.66. The zero-order valence-electron chi connectivity index (χ0n) is 13.7. The first-order chi connectivity index (χ1) is 11.3. The van der Waals surface area contributed by atoms with Crippen LogP contribution in [-0.2, 0) is 9.59 Å². The van der Waals surface area contributed by atoms with E-state index in [0.717, 1.165) is 19.1 Å². The van der Waals surface area contributed by atoms with Crippen LogP contribution in [0.4, 0.5) is 0 Å². The van der Waals surface area contributed by atoms with Gasteiger partial charge in [0.15, 0.2) is 0 Å². The molecule has 0 aromatic heterocycles. The van der Waals surface area contributed by atoms with E-state index < -0.39 is 29.8 Å². The van der Waals surface area contributed by atoms with E-state index in [1.807, 2.05) is 22.9 Å². The number of aliphatic hydroxyl groups excluding tert-OH is 2. The summed E-state index contributed by atoms with van der Waals surface area (Å²) < 4.78 is 5.49. The molecule has 24 heavy (non-hydrogen) atoms.